The fraction of sp³-hybridized carbons (Fsp3) is 0.529. The van der Waals surface area contributed by atoms with Crippen LogP contribution in [-0.4, -0.2) is 50.5 Å². The first-order chi connectivity index (χ1) is 11.2. The van der Waals surface area contributed by atoms with E-state index >= 15 is 0 Å². The molecule has 24 heavy (non-hydrogen) atoms. The molecule has 0 aromatic heterocycles. The van der Waals surface area contributed by atoms with Gasteiger partial charge in [0.25, 0.3) is 5.91 Å². The first kappa shape index (κ1) is 21.1. The molecule has 0 unspecified atom stereocenters. The summed E-state index contributed by atoms with van der Waals surface area (Å²) in [5.41, 5.74) is 2.03. The molecule has 1 fully saturated rings. The van der Waals surface area contributed by atoms with E-state index in [0.717, 1.165) is 25.3 Å². The summed E-state index contributed by atoms with van der Waals surface area (Å²) in [6.07, 6.45) is 3.78. The first-order valence-corrected chi connectivity index (χ1v) is 8.04. The number of ether oxygens (including phenoxy) is 1. The third kappa shape index (κ3) is 6.50. The van der Waals surface area contributed by atoms with E-state index < -0.39 is 0 Å². The number of piperidine rings is 1. The number of hydrogen-bond donors (Lipinski definition) is 2. The molecule has 1 aliphatic rings. The number of carbonyl (C=O) groups excluding carboxylic acids is 2. The summed E-state index contributed by atoms with van der Waals surface area (Å²) in [5, 5.41) is 5.96. The van der Waals surface area contributed by atoms with Crippen LogP contribution in [0.1, 0.15) is 35.2 Å². The van der Waals surface area contributed by atoms with Gasteiger partial charge in [0.05, 0.1) is 6.61 Å². The van der Waals surface area contributed by atoms with Crippen LogP contribution in [0.5, 0.6) is 0 Å². The van der Waals surface area contributed by atoms with Crippen molar-refractivity contribution < 1.29 is 47.0 Å². The summed E-state index contributed by atoms with van der Waals surface area (Å²) in [6.45, 7) is 5.14. The van der Waals surface area contributed by atoms with Crippen LogP contribution in [0.25, 0.3) is 0 Å². The molecule has 0 bridgehead atoms. The molecular weight excluding hydrogens is 383 g/mol. The van der Waals surface area contributed by atoms with Crippen molar-refractivity contribution in [2.75, 3.05) is 38.5 Å². The molecule has 1 aromatic carbocycles. The number of amides is 1. The van der Waals surface area contributed by atoms with Crippen molar-refractivity contribution in [3.8, 4) is 0 Å². The molecule has 1 saturated heterocycles. The van der Waals surface area contributed by atoms with Gasteiger partial charge < -0.3 is 25.1 Å². The van der Waals surface area contributed by atoms with Crippen LogP contribution in [0.4, 0.5) is 5.69 Å². The van der Waals surface area contributed by atoms with E-state index in [0.29, 0.717) is 17.7 Å². The molecule has 1 aromatic rings. The Morgan fingerprint density at radius 2 is 2.04 bits per heavy atom. The molecule has 7 heteroatoms. The maximum absolute atomic E-state index is 12.4. The molecule has 2 rings (SSSR count). The Bertz CT molecular complexity index is 534. The molecule has 0 saturated carbocycles. The van der Waals surface area contributed by atoms with Crippen molar-refractivity contribution in [1.29, 1.82) is 0 Å². The smallest absolute Gasteiger partial charge is 0.251 e. The number of nitrogens with one attached hydrogen (secondary N) is 2. The van der Waals surface area contributed by atoms with Crippen LogP contribution >= 0.6 is 0 Å². The molecular formula is C17H24N3O3Y-. The Morgan fingerprint density at radius 1 is 1.29 bits per heavy atom. The van der Waals surface area contributed by atoms with Gasteiger partial charge >= 0.3 is 0 Å². The average molecular weight is 407 g/mol. The largest absolute Gasteiger partial charge is 0.650 e. The summed E-state index contributed by atoms with van der Waals surface area (Å²) in [5.74, 6) is -0.149. The van der Waals surface area contributed by atoms with Crippen molar-refractivity contribution in [1.82, 2.24) is 10.2 Å². The van der Waals surface area contributed by atoms with Gasteiger partial charge in [-0.3, -0.25) is 4.79 Å². The van der Waals surface area contributed by atoms with Gasteiger partial charge in [-0.25, -0.2) is 0 Å². The molecule has 1 radical (unpaired) electrons. The van der Waals surface area contributed by atoms with Gasteiger partial charge in [-0.1, -0.05) is 19.0 Å². The van der Waals surface area contributed by atoms with Gasteiger partial charge in [-0.15, -0.1) is 0 Å². The first-order valence-electron chi connectivity index (χ1n) is 8.04. The second kappa shape index (κ2) is 11.6. The van der Waals surface area contributed by atoms with Crippen molar-refractivity contribution >= 4 is 18.1 Å². The van der Waals surface area contributed by atoms with Crippen LogP contribution in [0, 0.1) is 0 Å². The topological polar surface area (TPSA) is 70.7 Å². The van der Waals surface area contributed by atoms with Crippen LogP contribution in [0.3, 0.4) is 0 Å². The van der Waals surface area contributed by atoms with Crippen molar-refractivity contribution in [3.05, 3.63) is 29.3 Å². The van der Waals surface area contributed by atoms with E-state index in [1.54, 1.807) is 19.2 Å². The van der Waals surface area contributed by atoms with Crippen LogP contribution < -0.4 is 10.6 Å². The molecule has 6 nitrogen and oxygen atoms in total. The van der Waals surface area contributed by atoms with Gasteiger partial charge in [0, 0.05) is 64.1 Å². The van der Waals surface area contributed by atoms with Gasteiger partial charge in [0.15, 0.2) is 0 Å². The van der Waals surface area contributed by atoms with E-state index in [2.05, 4.69) is 20.3 Å². The van der Waals surface area contributed by atoms with Crippen LogP contribution in [0.2, 0.25) is 0 Å². The molecule has 2 N–H and O–H groups in total. The summed E-state index contributed by atoms with van der Waals surface area (Å²) in [6, 6.07) is 5.39. The fourth-order valence-electron chi connectivity index (χ4n) is 2.78. The molecule has 129 valence electrons. The third-order valence-electron chi connectivity index (χ3n) is 4.09. The maximum atomic E-state index is 12.4. The zero-order valence-corrected chi connectivity index (χ0v) is 17.0. The number of nitrogens with zero attached hydrogens (tertiary/aromatic N) is 1. The number of benzene rings is 1. The van der Waals surface area contributed by atoms with E-state index in [1.165, 1.54) is 25.7 Å². The minimum absolute atomic E-state index is 0. The number of anilines is 1. The molecule has 0 spiro atoms. The van der Waals surface area contributed by atoms with Crippen molar-refractivity contribution in [2.24, 2.45) is 0 Å². The predicted molar refractivity (Wildman–Crippen MR) is 89.1 cm³/mol. The van der Waals surface area contributed by atoms with Gasteiger partial charge in [-0.05, 0) is 43.6 Å². The van der Waals surface area contributed by atoms with Crippen molar-refractivity contribution in [3.63, 3.8) is 0 Å². The molecule has 1 aliphatic heterocycles. The molecule has 0 atom stereocenters. The third-order valence-corrected chi connectivity index (χ3v) is 4.09. The predicted octanol–water partition coefficient (Wildman–Crippen LogP) is 1.53. The van der Waals surface area contributed by atoms with Gasteiger partial charge in [0.2, 0.25) is 0 Å². The Balaban J connectivity index is 0.00000288. The van der Waals surface area contributed by atoms with E-state index in [-0.39, 0.29) is 45.2 Å². The number of hydrogen-bond acceptors (Lipinski definition) is 5. The zero-order valence-electron chi connectivity index (χ0n) is 14.1. The standard InChI is InChI=1S/C17H24N3O3.Y/c1-18-15-6-5-14(12-23-13-21)16(11-15)17(22)19-7-10-20-8-3-2-4-9-20;/h5-6,11,18H,2-4,7-10,12H2,1H3,(H,19,22);/q-1;. The SMILES string of the molecule is CNc1ccc(CO[C-]=O)c(C(=O)NCCN2CCCCC2)c1.[Y]. The molecule has 1 amide bonds. The average Bonchev–Trinajstić information content (AvgIpc) is 2.60. The Hall–Kier alpha value is -0.976. The fourth-order valence-corrected chi connectivity index (χ4v) is 2.78. The Morgan fingerprint density at radius 3 is 2.71 bits per heavy atom. The quantitative estimate of drug-likeness (QED) is 0.640. The van der Waals surface area contributed by atoms with Gasteiger partial charge in [0.1, 0.15) is 0 Å². The monoisotopic (exact) mass is 407 g/mol. The zero-order chi connectivity index (χ0) is 16.5. The molecule has 0 aliphatic carbocycles. The van der Waals surface area contributed by atoms with E-state index in [4.69, 9.17) is 0 Å². The number of likely N-dealkylation sites (tertiary alicyclic amines) is 1. The van der Waals surface area contributed by atoms with Gasteiger partial charge in [-0.2, -0.15) is 0 Å². The number of rotatable bonds is 8. The number of carbonyl (C=O) groups is 1. The minimum Gasteiger partial charge on any atom is -0.650 e. The van der Waals surface area contributed by atoms with Crippen molar-refractivity contribution in [2.45, 2.75) is 25.9 Å². The summed E-state index contributed by atoms with van der Waals surface area (Å²) in [7, 11) is 1.79. The van der Waals surface area contributed by atoms with E-state index in [9.17, 15) is 9.59 Å². The minimum atomic E-state index is -0.149. The summed E-state index contributed by atoms with van der Waals surface area (Å²) < 4.78 is 4.67. The summed E-state index contributed by atoms with van der Waals surface area (Å²) >= 11 is 0. The van der Waals surface area contributed by atoms with Crippen LogP contribution in [-0.2, 0) is 48.8 Å². The van der Waals surface area contributed by atoms with Crippen LogP contribution in [0.15, 0.2) is 18.2 Å². The van der Waals surface area contributed by atoms with E-state index in [1.807, 2.05) is 6.07 Å². The normalized spacial score (nSPS) is 14.4. The maximum Gasteiger partial charge on any atom is 0.251 e. The summed E-state index contributed by atoms with van der Waals surface area (Å²) in [4.78, 5) is 25.1. The Kier molecular flexibility index (Phi) is 10.1. The second-order valence-electron chi connectivity index (χ2n) is 5.65. The Labute approximate surface area is 168 Å². The molecule has 1 heterocycles. The second-order valence-corrected chi connectivity index (χ2v) is 5.65.